The van der Waals surface area contributed by atoms with Crippen molar-refractivity contribution in [3.05, 3.63) is 11.1 Å². The lowest BCUT2D eigenvalue weighted by molar-refractivity contribution is -0.136. The average molecular weight is 300 g/mol. The number of rotatable bonds is 12. The molecule has 0 amide bonds. The molecular weight excluding hydrogens is 276 g/mol. The van der Waals surface area contributed by atoms with Crippen molar-refractivity contribution >= 4 is 17.7 Å². The molecule has 0 unspecified atom stereocenters. The van der Waals surface area contributed by atoms with Crippen molar-refractivity contribution in [2.24, 2.45) is 0 Å². The van der Waals surface area contributed by atoms with Crippen LogP contribution in [0.4, 0.5) is 0 Å². The average Bonchev–Trinajstić information content (AvgIpc) is 2.39. The molecule has 0 atom stereocenters. The van der Waals surface area contributed by atoms with Crippen LogP contribution in [0, 0.1) is 0 Å². The summed E-state index contributed by atoms with van der Waals surface area (Å²) in [6.45, 7) is 4.53. The van der Waals surface area contributed by atoms with Crippen LogP contribution in [0.5, 0.6) is 0 Å². The van der Waals surface area contributed by atoms with Crippen molar-refractivity contribution in [2.45, 2.75) is 52.4 Å². The van der Waals surface area contributed by atoms with Crippen LogP contribution in [0.2, 0.25) is 0 Å². The third kappa shape index (κ3) is 8.96. The Morgan fingerprint density at radius 2 is 1.48 bits per heavy atom. The summed E-state index contributed by atoms with van der Waals surface area (Å²) in [5.74, 6) is -2.95. The van der Waals surface area contributed by atoms with Gasteiger partial charge in [-0.2, -0.15) is 0 Å². The van der Waals surface area contributed by atoms with Gasteiger partial charge in [0, 0.05) is 25.2 Å². The minimum absolute atomic E-state index is 0.164. The maximum Gasteiger partial charge on any atom is 0.332 e. The Kier molecular flexibility index (Phi) is 10.1. The van der Waals surface area contributed by atoms with Crippen LogP contribution in [-0.4, -0.2) is 41.1 Å². The lowest BCUT2D eigenvalue weighted by Crippen LogP contribution is -2.14. The van der Waals surface area contributed by atoms with Gasteiger partial charge in [0.2, 0.25) is 0 Å². The molecule has 0 aliphatic heterocycles. The molecule has 0 aliphatic carbocycles. The molecule has 21 heavy (non-hydrogen) atoms. The zero-order valence-electron chi connectivity index (χ0n) is 12.7. The molecule has 0 rings (SSSR count). The summed E-state index contributed by atoms with van der Waals surface area (Å²) in [6.07, 6.45) is 3.01. The largest absolute Gasteiger partial charge is 0.478 e. The van der Waals surface area contributed by atoms with Crippen molar-refractivity contribution in [3.63, 3.8) is 0 Å². The fourth-order valence-electron chi connectivity index (χ4n) is 1.95. The van der Waals surface area contributed by atoms with E-state index in [2.05, 4.69) is 0 Å². The highest BCUT2D eigenvalue weighted by molar-refractivity contribution is 6.02. The van der Waals surface area contributed by atoms with E-state index in [1.807, 2.05) is 6.92 Å². The molecule has 0 radical (unpaired) electrons. The summed E-state index contributed by atoms with van der Waals surface area (Å²) in [7, 11) is 0. The lowest BCUT2D eigenvalue weighted by atomic mass is 9.98. The standard InChI is InChI=1S/C15H24O6/c1-3-21-9-7-5-4-6-8-12(14(17)18)13(15(19)20)10-11(2)16/h3-10H2,1-2H3,(H,17,18)(H,19,20). The number of aliphatic carboxylic acids is 2. The van der Waals surface area contributed by atoms with Crippen LogP contribution in [-0.2, 0) is 19.1 Å². The normalized spacial score (nSPS) is 11.9. The third-order valence-corrected chi connectivity index (χ3v) is 2.98. The summed E-state index contributed by atoms with van der Waals surface area (Å²) >= 11 is 0. The van der Waals surface area contributed by atoms with Gasteiger partial charge in [0.05, 0.1) is 5.57 Å². The van der Waals surface area contributed by atoms with Gasteiger partial charge in [0.25, 0.3) is 0 Å². The molecule has 0 saturated heterocycles. The fraction of sp³-hybridized carbons (Fsp3) is 0.667. The zero-order chi connectivity index (χ0) is 16.3. The SMILES string of the molecule is CCOCCCCCCC(C(=O)O)=C(CC(C)=O)C(=O)O. The Bertz CT molecular complexity index is 397. The first-order valence-corrected chi connectivity index (χ1v) is 7.15. The van der Waals surface area contributed by atoms with Crippen LogP contribution < -0.4 is 0 Å². The highest BCUT2D eigenvalue weighted by Gasteiger charge is 2.20. The molecule has 0 aliphatic rings. The predicted molar refractivity (Wildman–Crippen MR) is 77.2 cm³/mol. The van der Waals surface area contributed by atoms with E-state index in [0.29, 0.717) is 19.6 Å². The molecule has 6 nitrogen and oxygen atoms in total. The Morgan fingerprint density at radius 1 is 0.905 bits per heavy atom. The number of hydrogen-bond donors (Lipinski definition) is 2. The van der Waals surface area contributed by atoms with Crippen LogP contribution in [0.25, 0.3) is 0 Å². The second-order valence-corrected chi connectivity index (χ2v) is 4.81. The van der Waals surface area contributed by atoms with Crippen molar-refractivity contribution in [1.82, 2.24) is 0 Å². The van der Waals surface area contributed by atoms with Gasteiger partial charge in [-0.1, -0.05) is 12.8 Å². The van der Waals surface area contributed by atoms with Gasteiger partial charge in [-0.3, -0.25) is 4.79 Å². The Labute approximate surface area is 124 Å². The molecule has 0 heterocycles. The quantitative estimate of drug-likeness (QED) is 0.424. The zero-order valence-corrected chi connectivity index (χ0v) is 12.7. The van der Waals surface area contributed by atoms with Gasteiger partial charge in [0.15, 0.2) is 0 Å². The Hall–Kier alpha value is -1.69. The number of hydrogen-bond acceptors (Lipinski definition) is 4. The first-order chi connectivity index (χ1) is 9.90. The molecule has 0 fully saturated rings. The molecule has 0 bridgehead atoms. The van der Waals surface area contributed by atoms with Crippen molar-refractivity contribution in [2.75, 3.05) is 13.2 Å². The summed E-state index contributed by atoms with van der Waals surface area (Å²) < 4.78 is 5.19. The van der Waals surface area contributed by atoms with E-state index in [1.54, 1.807) is 0 Å². The van der Waals surface area contributed by atoms with E-state index in [-0.39, 0.29) is 29.8 Å². The smallest absolute Gasteiger partial charge is 0.332 e. The van der Waals surface area contributed by atoms with Crippen LogP contribution in [0.15, 0.2) is 11.1 Å². The summed E-state index contributed by atoms with van der Waals surface area (Å²) in [4.78, 5) is 33.3. The van der Waals surface area contributed by atoms with Crippen LogP contribution in [0.1, 0.15) is 52.4 Å². The summed E-state index contributed by atoms with van der Waals surface area (Å²) in [5, 5.41) is 18.2. The van der Waals surface area contributed by atoms with Crippen molar-refractivity contribution in [1.29, 1.82) is 0 Å². The van der Waals surface area contributed by atoms with E-state index >= 15 is 0 Å². The first-order valence-electron chi connectivity index (χ1n) is 7.15. The van der Waals surface area contributed by atoms with Crippen LogP contribution in [0.3, 0.4) is 0 Å². The number of ether oxygens (including phenoxy) is 1. The minimum atomic E-state index is -1.33. The Balaban J connectivity index is 4.49. The molecule has 120 valence electrons. The van der Waals surface area contributed by atoms with E-state index in [0.717, 1.165) is 19.3 Å². The second kappa shape index (κ2) is 11.0. The molecule has 2 N–H and O–H groups in total. The third-order valence-electron chi connectivity index (χ3n) is 2.98. The van der Waals surface area contributed by atoms with Gasteiger partial charge in [-0.15, -0.1) is 0 Å². The number of carbonyl (C=O) groups is 3. The van der Waals surface area contributed by atoms with E-state index in [1.165, 1.54) is 6.92 Å². The highest BCUT2D eigenvalue weighted by atomic mass is 16.5. The second-order valence-electron chi connectivity index (χ2n) is 4.81. The van der Waals surface area contributed by atoms with Gasteiger partial charge < -0.3 is 14.9 Å². The molecule has 0 aromatic carbocycles. The number of ketones is 1. The van der Waals surface area contributed by atoms with E-state index in [4.69, 9.17) is 14.9 Å². The van der Waals surface area contributed by atoms with Gasteiger partial charge in [-0.25, -0.2) is 9.59 Å². The molecular formula is C15H24O6. The van der Waals surface area contributed by atoms with Gasteiger partial charge >= 0.3 is 11.9 Å². The fourth-order valence-corrected chi connectivity index (χ4v) is 1.95. The molecule has 0 aromatic rings. The highest BCUT2D eigenvalue weighted by Crippen LogP contribution is 2.18. The Morgan fingerprint density at radius 3 is 1.95 bits per heavy atom. The molecule has 0 aromatic heterocycles. The summed E-state index contributed by atoms with van der Waals surface area (Å²) in [6, 6.07) is 0. The summed E-state index contributed by atoms with van der Waals surface area (Å²) in [5.41, 5.74) is -0.466. The van der Waals surface area contributed by atoms with Gasteiger partial charge in [-0.05, 0) is 33.1 Å². The molecule has 0 spiro atoms. The number of unbranched alkanes of at least 4 members (excludes halogenated alkanes) is 3. The maximum atomic E-state index is 11.2. The number of Topliss-reactive ketones (excluding diaryl/α,β-unsaturated/α-hetero) is 1. The number of carboxylic acids is 2. The molecule has 6 heteroatoms. The van der Waals surface area contributed by atoms with Gasteiger partial charge in [0.1, 0.15) is 5.78 Å². The number of carboxylic acid groups (broad SMARTS) is 2. The minimum Gasteiger partial charge on any atom is -0.478 e. The van der Waals surface area contributed by atoms with Crippen molar-refractivity contribution < 1.29 is 29.3 Å². The topological polar surface area (TPSA) is 101 Å². The monoisotopic (exact) mass is 300 g/mol. The first kappa shape index (κ1) is 19.3. The van der Waals surface area contributed by atoms with Crippen molar-refractivity contribution in [3.8, 4) is 0 Å². The van der Waals surface area contributed by atoms with Crippen LogP contribution >= 0.6 is 0 Å². The predicted octanol–water partition coefficient (Wildman–Crippen LogP) is 2.42. The maximum absolute atomic E-state index is 11.2. The molecule has 0 saturated carbocycles. The van der Waals surface area contributed by atoms with E-state index in [9.17, 15) is 14.4 Å². The number of carbonyl (C=O) groups excluding carboxylic acids is 1. The van der Waals surface area contributed by atoms with E-state index < -0.39 is 11.9 Å². The lowest BCUT2D eigenvalue weighted by Gasteiger charge is -2.08.